The fraction of sp³-hybridized carbons (Fsp3) is 0.333. The molecule has 2 rings (SSSR count). The van der Waals surface area contributed by atoms with Gasteiger partial charge in [-0.05, 0) is 24.1 Å². The minimum absolute atomic E-state index is 0.437. The van der Waals surface area contributed by atoms with Crippen molar-refractivity contribution in [3.8, 4) is 0 Å². The van der Waals surface area contributed by atoms with Gasteiger partial charge in [-0.3, -0.25) is 0 Å². The first-order chi connectivity index (χ1) is 8.78. The van der Waals surface area contributed by atoms with Gasteiger partial charge < -0.3 is 15.5 Å². The molecule has 6 heteroatoms. The Morgan fingerprint density at radius 3 is 2.67 bits per heavy atom. The Bertz CT molecular complexity index is 483. The van der Waals surface area contributed by atoms with Crippen LogP contribution >= 0.6 is 11.6 Å². The molecule has 0 aliphatic carbocycles. The summed E-state index contributed by atoms with van der Waals surface area (Å²) in [6, 6.07) is 8.19. The Balaban J connectivity index is 1.79. The largest absolute Gasteiger partial charge is 0.408 e. The van der Waals surface area contributed by atoms with E-state index in [0.29, 0.717) is 24.9 Å². The van der Waals surface area contributed by atoms with Crippen LogP contribution in [-0.4, -0.2) is 23.3 Å². The Morgan fingerprint density at radius 2 is 1.94 bits per heavy atom. The van der Waals surface area contributed by atoms with Crippen molar-refractivity contribution in [2.24, 2.45) is 5.73 Å². The van der Waals surface area contributed by atoms with Crippen molar-refractivity contribution in [1.82, 2.24) is 10.2 Å². The van der Waals surface area contributed by atoms with Crippen molar-refractivity contribution in [3.05, 3.63) is 40.7 Å². The highest BCUT2D eigenvalue weighted by atomic mass is 35.5. The quantitative estimate of drug-likeness (QED) is 0.835. The van der Waals surface area contributed by atoms with Gasteiger partial charge in [0.1, 0.15) is 0 Å². The van der Waals surface area contributed by atoms with Gasteiger partial charge >= 0.3 is 6.01 Å². The number of anilines is 1. The molecule has 0 amide bonds. The Kier molecular flexibility index (Phi) is 4.55. The molecule has 0 saturated carbocycles. The van der Waals surface area contributed by atoms with Crippen LogP contribution in [0.25, 0.3) is 0 Å². The van der Waals surface area contributed by atoms with Gasteiger partial charge in [-0.1, -0.05) is 28.8 Å². The first-order valence-corrected chi connectivity index (χ1v) is 6.16. The van der Waals surface area contributed by atoms with Crippen LogP contribution in [0, 0.1) is 0 Å². The molecule has 0 saturated heterocycles. The maximum absolute atomic E-state index is 5.81. The molecule has 2 aromatic rings. The molecule has 96 valence electrons. The average molecular weight is 267 g/mol. The van der Waals surface area contributed by atoms with Gasteiger partial charge in [0, 0.05) is 24.5 Å². The Hall–Kier alpha value is -1.59. The molecule has 0 aliphatic heterocycles. The molecule has 0 unspecified atom stereocenters. The van der Waals surface area contributed by atoms with Crippen LogP contribution in [0.2, 0.25) is 5.02 Å². The predicted octanol–water partition coefficient (Wildman–Crippen LogP) is 1.88. The number of nitrogens with two attached hydrogens (primary N) is 1. The van der Waals surface area contributed by atoms with Gasteiger partial charge in [-0.2, -0.15) is 0 Å². The van der Waals surface area contributed by atoms with Crippen molar-refractivity contribution in [3.63, 3.8) is 0 Å². The topological polar surface area (TPSA) is 77.0 Å². The molecule has 0 atom stereocenters. The van der Waals surface area contributed by atoms with E-state index in [0.717, 1.165) is 18.0 Å². The minimum atomic E-state index is 0.437. The lowest BCUT2D eigenvalue weighted by atomic mass is 10.1. The molecule has 3 N–H and O–H groups in total. The minimum Gasteiger partial charge on any atom is -0.408 e. The summed E-state index contributed by atoms with van der Waals surface area (Å²) in [5, 5.41) is 11.6. The zero-order valence-corrected chi connectivity index (χ0v) is 10.7. The number of rotatable bonds is 6. The van der Waals surface area contributed by atoms with Crippen molar-refractivity contribution < 1.29 is 4.42 Å². The van der Waals surface area contributed by atoms with E-state index >= 15 is 0 Å². The maximum atomic E-state index is 5.81. The summed E-state index contributed by atoms with van der Waals surface area (Å²) < 4.78 is 5.35. The second kappa shape index (κ2) is 6.37. The van der Waals surface area contributed by atoms with Crippen LogP contribution in [0.5, 0.6) is 0 Å². The predicted molar refractivity (Wildman–Crippen MR) is 70.7 cm³/mol. The van der Waals surface area contributed by atoms with Gasteiger partial charge in [0.25, 0.3) is 0 Å². The number of benzene rings is 1. The molecule has 0 radical (unpaired) electrons. The molecular weight excluding hydrogens is 252 g/mol. The summed E-state index contributed by atoms with van der Waals surface area (Å²) in [6.45, 7) is 1.23. The summed E-state index contributed by atoms with van der Waals surface area (Å²) >= 11 is 5.81. The second-order valence-corrected chi connectivity index (χ2v) is 4.28. The highest BCUT2D eigenvalue weighted by molar-refractivity contribution is 6.30. The number of aromatic nitrogens is 2. The first kappa shape index (κ1) is 12.9. The van der Waals surface area contributed by atoms with Crippen LogP contribution in [0.15, 0.2) is 28.7 Å². The number of hydrogen-bond donors (Lipinski definition) is 2. The number of hydrogen-bond acceptors (Lipinski definition) is 5. The fourth-order valence-electron chi connectivity index (χ4n) is 1.51. The summed E-state index contributed by atoms with van der Waals surface area (Å²) in [6.07, 6.45) is 1.47. The molecule has 1 aromatic heterocycles. The molecule has 1 heterocycles. The van der Waals surface area contributed by atoms with Gasteiger partial charge in [0.2, 0.25) is 5.89 Å². The summed E-state index contributed by atoms with van der Waals surface area (Å²) in [5.74, 6) is 0.562. The summed E-state index contributed by atoms with van der Waals surface area (Å²) in [4.78, 5) is 0. The molecule has 1 aromatic carbocycles. The summed E-state index contributed by atoms with van der Waals surface area (Å²) in [7, 11) is 0. The number of nitrogens with one attached hydrogen (secondary N) is 1. The number of nitrogens with zero attached hydrogens (tertiary/aromatic N) is 2. The first-order valence-electron chi connectivity index (χ1n) is 5.78. The molecule has 5 nitrogen and oxygen atoms in total. The van der Waals surface area contributed by atoms with Crippen LogP contribution < -0.4 is 11.1 Å². The van der Waals surface area contributed by atoms with E-state index in [4.69, 9.17) is 21.8 Å². The smallest absolute Gasteiger partial charge is 0.315 e. The van der Waals surface area contributed by atoms with Gasteiger partial charge in [-0.15, -0.1) is 5.10 Å². The Labute approximate surface area is 110 Å². The van der Waals surface area contributed by atoms with E-state index in [2.05, 4.69) is 15.5 Å². The molecule has 0 aliphatic rings. The van der Waals surface area contributed by atoms with Gasteiger partial charge in [0.05, 0.1) is 0 Å². The average Bonchev–Trinajstić information content (AvgIpc) is 2.80. The van der Waals surface area contributed by atoms with Crippen LogP contribution in [0.4, 0.5) is 6.01 Å². The summed E-state index contributed by atoms with van der Waals surface area (Å²) in [5.41, 5.74) is 6.60. The standard InChI is InChI=1S/C12H15ClN4O/c13-10-3-1-9(2-4-10)6-8-15-12-17-16-11(18-12)5-7-14/h1-4H,5-8,14H2,(H,15,17). The highest BCUT2D eigenvalue weighted by Gasteiger charge is 2.03. The van der Waals surface area contributed by atoms with Crippen LogP contribution in [-0.2, 0) is 12.8 Å². The van der Waals surface area contributed by atoms with Crippen molar-refractivity contribution in [2.45, 2.75) is 12.8 Å². The fourth-order valence-corrected chi connectivity index (χ4v) is 1.64. The lowest BCUT2D eigenvalue weighted by Crippen LogP contribution is -2.05. The molecule has 0 fully saturated rings. The molecule has 0 spiro atoms. The lowest BCUT2D eigenvalue weighted by Gasteiger charge is -2.01. The monoisotopic (exact) mass is 266 g/mol. The van der Waals surface area contributed by atoms with Crippen LogP contribution in [0.1, 0.15) is 11.5 Å². The normalized spacial score (nSPS) is 10.6. The van der Waals surface area contributed by atoms with Crippen molar-refractivity contribution in [1.29, 1.82) is 0 Å². The second-order valence-electron chi connectivity index (χ2n) is 3.84. The lowest BCUT2D eigenvalue weighted by molar-refractivity contribution is 0.506. The third-order valence-corrected chi connectivity index (χ3v) is 2.68. The van der Waals surface area contributed by atoms with Gasteiger partial charge in [-0.25, -0.2) is 0 Å². The third kappa shape index (κ3) is 3.72. The van der Waals surface area contributed by atoms with E-state index in [1.54, 1.807) is 0 Å². The molecular formula is C12H15ClN4O. The van der Waals surface area contributed by atoms with E-state index < -0.39 is 0 Å². The van der Waals surface area contributed by atoms with E-state index in [1.807, 2.05) is 24.3 Å². The van der Waals surface area contributed by atoms with Crippen molar-refractivity contribution in [2.75, 3.05) is 18.4 Å². The van der Waals surface area contributed by atoms with Crippen molar-refractivity contribution >= 4 is 17.6 Å². The van der Waals surface area contributed by atoms with E-state index in [-0.39, 0.29) is 0 Å². The zero-order chi connectivity index (χ0) is 12.8. The Morgan fingerprint density at radius 1 is 1.17 bits per heavy atom. The molecule has 0 bridgehead atoms. The molecule has 18 heavy (non-hydrogen) atoms. The van der Waals surface area contributed by atoms with Gasteiger partial charge in [0.15, 0.2) is 0 Å². The zero-order valence-electron chi connectivity index (χ0n) is 9.90. The maximum Gasteiger partial charge on any atom is 0.315 e. The highest BCUT2D eigenvalue weighted by Crippen LogP contribution is 2.10. The van der Waals surface area contributed by atoms with E-state index in [1.165, 1.54) is 5.56 Å². The third-order valence-electron chi connectivity index (χ3n) is 2.43. The number of halogens is 1. The van der Waals surface area contributed by atoms with E-state index in [9.17, 15) is 0 Å². The van der Waals surface area contributed by atoms with Crippen LogP contribution in [0.3, 0.4) is 0 Å². The SMILES string of the molecule is NCCc1nnc(NCCc2ccc(Cl)cc2)o1.